The summed E-state index contributed by atoms with van der Waals surface area (Å²) < 4.78 is 43.6. The highest BCUT2D eigenvalue weighted by Crippen LogP contribution is 2.45. The van der Waals surface area contributed by atoms with Crippen molar-refractivity contribution < 1.29 is 22.7 Å². The highest BCUT2D eigenvalue weighted by Gasteiger charge is 2.55. The molecule has 1 aromatic carbocycles. The molecule has 1 fully saturated rings. The highest BCUT2D eigenvalue weighted by molar-refractivity contribution is 5.91. The molecule has 1 aromatic rings. The average molecular weight is 313 g/mol. The molecule has 0 saturated carbocycles. The fraction of sp³-hybridized carbons (Fsp3) is 0.429. The minimum absolute atomic E-state index is 0.101. The van der Waals surface area contributed by atoms with E-state index in [-0.39, 0.29) is 12.8 Å². The first-order chi connectivity index (χ1) is 10.3. The van der Waals surface area contributed by atoms with Gasteiger partial charge in [0.05, 0.1) is 0 Å². The van der Waals surface area contributed by atoms with Crippen LogP contribution < -0.4 is 11.1 Å². The number of hydrogen-bond acceptors (Lipinski definition) is 4. The number of carbonyl (C=O) groups is 1. The Hall–Kier alpha value is -2.09. The second-order valence-electron chi connectivity index (χ2n) is 5.33. The zero-order valence-corrected chi connectivity index (χ0v) is 11.5. The molecule has 2 aliphatic heterocycles. The first-order valence-corrected chi connectivity index (χ1v) is 6.75. The standard InChI is InChI=1S/C14H14F3N3O2/c15-14(16,17)11-3-4-13(22-11,12(18)21)9-1-2-10-8(5-9)6-19-7-20-10/h1-2,5-6,11,20H,3-4,7H2,(H2,18,21). The maximum atomic E-state index is 12.8. The number of aliphatic imine (C=N–C) groups is 1. The topological polar surface area (TPSA) is 76.7 Å². The average Bonchev–Trinajstić information content (AvgIpc) is 2.93. The van der Waals surface area contributed by atoms with Crippen molar-refractivity contribution in [1.29, 1.82) is 0 Å². The number of benzene rings is 1. The van der Waals surface area contributed by atoms with Crippen molar-refractivity contribution in [1.82, 2.24) is 0 Å². The summed E-state index contributed by atoms with van der Waals surface area (Å²) in [6, 6.07) is 4.84. The van der Waals surface area contributed by atoms with E-state index >= 15 is 0 Å². The van der Waals surface area contributed by atoms with E-state index in [0.717, 1.165) is 5.69 Å². The third-order valence-corrected chi connectivity index (χ3v) is 3.97. The van der Waals surface area contributed by atoms with E-state index in [9.17, 15) is 18.0 Å². The van der Waals surface area contributed by atoms with Gasteiger partial charge in [0.25, 0.3) is 5.91 Å². The minimum atomic E-state index is -4.52. The van der Waals surface area contributed by atoms with Crippen LogP contribution in [0, 0.1) is 0 Å². The number of hydrogen-bond donors (Lipinski definition) is 2. The predicted octanol–water partition coefficient (Wildman–Crippen LogP) is 1.91. The van der Waals surface area contributed by atoms with Gasteiger partial charge in [-0.25, -0.2) is 0 Å². The fourth-order valence-electron chi connectivity index (χ4n) is 2.82. The third-order valence-electron chi connectivity index (χ3n) is 3.97. The number of anilines is 1. The molecule has 1 amide bonds. The van der Waals surface area contributed by atoms with Crippen molar-refractivity contribution in [2.24, 2.45) is 10.7 Å². The number of nitrogens with zero attached hydrogens (tertiary/aromatic N) is 1. The second-order valence-corrected chi connectivity index (χ2v) is 5.33. The summed E-state index contributed by atoms with van der Waals surface area (Å²) in [6.45, 7) is 0.431. The molecule has 3 rings (SSSR count). The SMILES string of the molecule is NC(=O)C1(c2ccc3c(c2)C=NCN3)CCC(C(F)(F)F)O1. The zero-order valence-electron chi connectivity index (χ0n) is 11.5. The van der Waals surface area contributed by atoms with Crippen LogP contribution in [0.2, 0.25) is 0 Å². The van der Waals surface area contributed by atoms with Crippen LogP contribution in [0.5, 0.6) is 0 Å². The van der Waals surface area contributed by atoms with E-state index in [0.29, 0.717) is 17.8 Å². The lowest BCUT2D eigenvalue weighted by Gasteiger charge is -2.28. The minimum Gasteiger partial charge on any atom is -0.367 e. The van der Waals surface area contributed by atoms with E-state index in [1.807, 2.05) is 0 Å². The van der Waals surface area contributed by atoms with Crippen LogP contribution in [0.1, 0.15) is 24.0 Å². The molecule has 0 aliphatic carbocycles. The maximum Gasteiger partial charge on any atom is 0.414 e. The summed E-state index contributed by atoms with van der Waals surface area (Å²) in [5, 5.41) is 3.02. The lowest BCUT2D eigenvalue weighted by Crippen LogP contribution is -2.43. The number of nitrogens with one attached hydrogen (secondary N) is 1. The lowest BCUT2D eigenvalue weighted by molar-refractivity contribution is -0.229. The first-order valence-electron chi connectivity index (χ1n) is 6.75. The molecule has 2 atom stereocenters. The van der Waals surface area contributed by atoms with Gasteiger partial charge in [0.1, 0.15) is 6.67 Å². The van der Waals surface area contributed by atoms with Crippen LogP contribution in [0.3, 0.4) is 0 Å². The predicted molar refractivity (Wildman–Crippen MR) is 73.6 cm³/mol. The van der Waals surface area contributed by atoms with Gasteiger partial charge in [-0.1, -0.05) is 6.07 Å². The van der Waals surface area contributed by atoms with E-state index in [2.05, 4.69) is 10.3 Å². The molecule has 0 aromatic heterocycles. The number of amides is 1. The van der Waals surface area contributed by atoms with Crippen molar-refractivity contribution in [3.05, 3.63) is 29.3 Å². The van der Waals surface area contributed by atoms with Gasteiger partial charge < -0.3 is 15.8 Å². The van der Waals surface area contributed by atoms with Crippen LogP contribution in [-0.2, 0) is 15.1 Å². The van der Waals surface area contributed by atoms with E-state index in [1.165, 1.54) is 0 Å². The van der Waals surface area contributed by atoms with Crippen LogP contribution in [0.4, 0.5) is 18.9 Å². The molecule has 0 radical (unpaired) electrons. The number of carbonyl (C=O) groups excluding carboxylic acids is 1. The van der Waals surface area contributed by atoms with Gasteiger partial charge in [0, 0.05) is 17.5 Å². The number of halogens is 3. The Bertz CT molecular complexity index is 645. The Kier molecular flexibility index (Phi) is 3.36. The fourth-order valence-corrected chi connectivity index (χ4v) is 2.82. The van der Waals surface area contributed by atoms with E-state index < -0.39 is 23.8 Å². The molecule has 2 aliphatic rings. The van der Waals surface area contributed by atoms with Crippen LogP contribution in [0.15, 0.2) is 23.2 Å². The highest BCUT2D eigenvalue weighted by atomic mass is 19.4. The van der Waals surface area contributed by atoms with Gasteiger partial charge in [-0.05, 0) is 30.5 Å². The van der Waals surface area contributed by atoms with Crippen molar-refractivity contribution in [3.63, 3.8) is 0 Å². The number of ether oxygens (including phenoxy) is 1. The number of rotatable bonds is 2. The summed E-state index contributed by atoms with van der Waals surface area (Å²) in [4.78, 5) is 15.9. The molecule has 5 nitrogen and oxygen atoms in total. The van der Waals surface area contributed by atoms with Crippen molar-refractivity contribution in [3.8, 4) is 0 Å². The smallest absolute Gasteiger partial charge is 0.367 e. The van der Waals surface area contributed by atoms with Gasteiger partial charge >= 0.3 is 6.18 Å². The molecule has 0 spiro atoms. The molecular formula is C14H14F3N3O2. The van der Waals surface area contributed by atoms with E-state index in [4.69, 9.17) is 10.5 Å². The van der Waals surface area contributed by atoms with Crippen molar-refractivity contribution in [2.45, 2.75) is 30.7 Å². The Balaban J connectivity index is 2.00. The number of fused-ring (bicyclic) bond motifs is 1. The van der Waals surface area contributed by atoms with Gasteiger partial charge in [-0.2, -0.15) is 13.2 Å². The van der Waals surface area contributed by atoms with E-state index in [1.54, 1.807) is 24.4 Å². The normalized spacial score (nSPS) is 27.3. The van der Waals surface area contributed by atoms with Crippen molar-refractivity contribution in [2.75, 3.05) is 12.0 Å². The summed E-state index contributed by atoms with van der Waals surface area (Å²) in [7, 11) is 0. The zero-order chi connectivity index (χ0) is 16.0. The van der Waals surface area contributed by atoms with Crippen LogP contribution in [-0.4, -0.2) is 31.1 Å². The Morgan fingerprint density at radius 1 is 1.45 bits per heavy atom. The van der Waals surface area contributed by atoms with Gasteiger partial charge in [-0.3, -0.25) is 9.79 Å². The van der Waals surface area contributed by atoms with Gasteiger partial charge in [0.2, 0.25) is 0 Å². The summed E-state index contributed by atoms with van der Waals surface area (Å²) >= 11 is 0. The summed E-state index contributed by atoms with van der Waals surface area (Å²) in [5.41, 5.74) is 5.42. The Labute approximate surface area is 124 Å². The molecule has 2 unspecified atom stereocenters. The van der Waals surface area contributed by atoms with Crippen LogP contribution in [0.25, 0.3) is 0 Å². The second kappa shape index (κ2) is 4.98. The molecule has 1 saturated heterocycles. The monoisotopic (exact) mass is 313 g/mol. The number of primary amides is 1. The number of alkyl halides is 3. The largest absolute Gasteiger partial charge is 0.414 e. The molecule has 2 heterocycles. The third kappa shape index (κ3) is 2.33. The molecule has 118 valence electrons. The molecule has 22 heavy (non-hydrogen) atoms. The number of nitrogens with two attached hydrogens (primary N) is 1. The summed E-state index contributed by atoms with van der Waals surface area (Å²) in [5.74, 6) is -0.917. The van der Waals surface area contributed by atoms with Gasteiger partial charge in [0.15, 0.2) is 11.7 Å². The quantitative estimate of drug-likeness (QED) is 0.875. The van der Waals surface area contributed by atoms with Gasteiger partial charge in [-0.15, -0.1) is 0 Å². The molecule has 3 N–H and O–H groups in total. The Morgan fingerprint density at radius 3 is 2.86 bits per heavy atom. The molecule has 8 heteroatoms. The van der Waals surface area contributed by atoms with Crippen LogP contribution >= 0.6 is 0 Å². The Morgan fingerprint density at radius 2 is 2.23 bits per heavy atom. The first kappa shape index (κ1) is 14.8. The molecular weight excluding hydrogens is 299 g/mol. The van der Waals surface area contributed by atoms with Crippen molar-refractivity contribution >= 4 is 17.8 Å². The molecule has 0 bridgehead atoms. The lowest BCUT2D eigenvalue weighted by atomic mass is 9.88. The summed E-state index contributed by atoms with van der Waals surface area (Å²) in [6.07, 6.45) is -5.30. The maximum absolute atomic E-state index is 12.8.